The summed E-state index contributed by atoms with van der Waals surface area (Å²) in [7, 11) is 1.79. The number of benzene rings is 1. The second kappa shape index (κ2) is 8.67. The van der Waals surface area contributed by atoms with Crippen LogP contribution in [0.2, 0.25) is 0 Å². The van der Waals surface area contributed by atoms with Crippen LogP contribution in [0.25, 0.3) is 0 Å². The molecule has 5 heteroatoms. The summed E-state index contributed by atoms with van der Waals surface area (Å²) in [4.78, 5) is 28.6. The maximum atomic E-state index is 12.5. The Bertz CT molecular complexity index is 510. The third-order valence-corrected chi connectivity index (χ3v) is 4.33. The Morgan fingerprint density at radius 1 is 1.22 bits per heavy atom. The lowest BCUT2D eigenvalue weighted by Gasteiger charge is -2.38. The highest BCUT2D eigenvalue weighted by Crippen LogP contribution is 2.19. The molecule has 0 atom stereocenters. The third kappa shape index (κ3) is 4.55. The predicted molar refractivity (Wildman–Crippen MR) is 91.3 cm³/mol. The molecule has 1 aromatic carbocycles. The number of piperidine rings is 1. The van der Waals surface area contributed by atoms with Crippen LogP contribution in [0.15, 0.2) is 30.3 Å². The van der Waals surface area contributed by atoms with Crippen molar-refractivity contribution >= 4 is 11.8 Å². The molecule has 2 amide bonds. The number of carbonyl (C=O) groups excluding carboxylic acids is 2. The zero-order valence-electron chi connectivity index (χ0n) is 14.1. The van der Waals surface area contributed by atoms with Crippen LogP contribution in [0.4, 0.5) is 0 Å². The van der Waals surface area contributed by atoms with Crippen LogP contribution in [-0.4, -0.2) is 60.9 Å². The molecule has 126 valence electrons. The Morgan fingerprint density at radius 2 is 1.87 bits per heavy atom. The largest absolute Gasteiger partial charge is 0.338 e. The molecule has 0 bridgehead atoms. The van der Waals surface area contributed by atoms with Gasteiger partial charge < -0.3 is 15.1 Å². The minimum Gasteiger partial charge on any atom is -0.338 e. The van der Waals surface area contributed by atoms with Crippen molar-refractivity contribution in [2.75, 3.05) is 33.2 Å². The van der Waals surface area contributed by atoms with Gasteiger partial charge in [-0.3, -0.25) is 9.59 Å². The van der Waals surface area contributed by atoms with Gasteiger partial charge in [-0.05, 0) is 38.4 Å². The van der Waals surface area contributed by atoms with E-state index in [4.69, 9.17) is 0 Å². The van der Waals surface area contributed by atoms with Gasteiger partial charge in [0.1, 0.15) is 0 Å². The molecule has 0 saturated carbocycles. The van der Waals surface area contributed by atoms with Crippen LogP contribution >= 0.6 is 0 Å². The number of rotatable bonds is 6. The van der Waals surface area contributed by atoms with Gasteiger partial charge in [-0.1, -0.05) is 25.1 Å². The first-order chi connectivity index (χ1) is 11.2. The highest BCUT2D eigenvalue weighted by Gasteiger charge is 2.29. The van der Waals surface area contributed by atoms with Crippen molar-refractivity contribution in [3.8, 4) is 0 Å². The first kappa shape index (κ1) is 17.5. The standard InChI is InChI=1S/C18H27N3O2/c1-3-11-21(17(22)14-19-2)16-9-12-20(13-10-16)18(23)15-7-5-4-6-8-15/h4-8,16,19H,3,9-14H2,1-2H3. The molecule has 0 spiro atoms. The molecule has 0 unspecified atom stereocenters. The van der Waals surface area contributed by atoms with Crippen LogP contribution in [0, 0.1) is 0 Å². The molecular weight excluding hydrogens is 290 g/mol. The molecule has 0 aromatic heterocycles. The molecule has 1 aliphatic heterocycles. The summed E-state index contributed by atoms with van der Waals surface area (Å²) < 4.78 is 0. The minimum atomic E-state index is 0.0904. The van der Waals surface area contributed by atoms with E-state index in [0.717, 1.165) is 31.4 Å². The van der Waals surface area contributed by atoms with Gasteiger partial charge in [0.05, 0.1) is 6.54 Å². The van der Waals surface area contributed by atoms with Crippen molar-refractivity contribution in [2.45, 2.75) is 32.2 Å². The number of hydrogen-bond acceptors (Lipinski definition) is 3. The van der Waals surface area contributed by atoms with Crippen molar-refractivity contribution in [3.05, 3.63) is 35.9 Å². The smallest absolute Gasteiger partial charge is 0.253 e. The molecule has 1 fully saturated rings. The Morgan fingerprint density at radius 3 is 2.43 bits per heavy atom. The molecule has 0 aliphatic carbocycles. The van der Waals surface area contributed by atoms with Gasteiger partial charge in [-0.2, -0.15) is 0 Å². The molecule has 1 saturated heterocycles. The Kier molecular flexibility index (Phi) is 6.59. The van der Waals surface area contributed by atoms with Gasteiger partial charge in [0.15, 0.2) is 0 Å². The predicted octanol–water partition coefficient (Wildman–Crippen LogP) is 1.75. The van der Waals surface area contributed by atoms with E-state index in [2.05, 4.69) is 12.2 Å². The van der Waals surface area contributed by atoms with E-state index in [1.807, 2.05) is 40.1 Å². The van der Waals surface area contributed by atoms with E-state index in [-0.39, 0.29) is 17.9 Å². The average molecular weight is 317 g/mol. The van der Waals surface area contributed by atoms with Gasteiger partial charge in [-0.15, -0.1) is 0 Å². The summed E-state index contributed by atoms with van der Waals surface area (Å²) in [5.41, 5.74) is 0.739. The number of amides is 2. The van der Waals surface area contributed by atoms with E-state index in [9.17, 15) is 9.59 Å². The minimum absolute atomic E-state index is 0.0904. The Balaban J connectivity index is 1.94. The topological polar surface area (TPSA) is 52.7 Å². The lowest BCUT2D eigenvalue weighted by atomic mass is 10.0. The molecule has 2 rings (SSSR count). The van der Waals surface area contributed by atoms with Gasteiger partial charge in [-0.25, -0.2) is 0 Å². The normalized spacial score (nSPS) is 15.5. The number of nitrogens with one attached hydrogen (secondary N) is 1. The van der Waals surface area contributed by atoms with E-state index >= 15 is 0 Å². The van der Waals surface area contributed by atoms with Crippen molar-refractivity contribution in [2.24, 2.45) is 0 Å². The maximum Gasteiger partial charge on any atom is 0.253 e. The van der Waals surface area contributed by atoms with Gasteiger partial charge in [0.25, 0.3) is 5.91 Å². The third-order valence-electron chi connectivity index (χ3n) is 4.33. The number of hydrogen-bond donors (Lipinski definition) is 1. The summed E-state index contributed by atoms with van der Waals surface area (Å²) in [6.07, 6.45) is 2.67. The summed E-state index contributed by atoms with van der Waals surface area (Å²) in [6.45, 7) is 4.69. The van der Waals surface area contributed by atoms with E-state index in [0.29, 0.717) is 19.6 Å². The first-order valence-electron chi connectivity index (χ1n) is 8.45. The monoisotopic (exact) mass is 317 g/mol. The van der Waals surface area contributed by atoms with Crippen molar-refractivity contribution in [1.29, 1.82) is 0 Å². The molecule has 1 aromatic rings. The van der Waals surface area contributed by atoms with E-state index in [1.54, 1.807) is 7.05 Å². The molecule has 0 radical (unpaired) electrons. The number of likely N-dealkylation sites (tertiary alicyclic amines) is 1. The lowest BCUT2D eigenvalue weighted by molar-refractivity contribution is -0.133. The molecule has 23 heavy (non-hydrogen) atoms. The molecule has 1 heterocycles. The van der Waals surface area contributed by atoms with Crippen LogP contribution in [-0.2, 0) is 4.79 Å². The molecule has 1 aliphatic rings. The Labute approximate surface area is 138 Å². The van der Waals surface area contributed by atoms with Crippen molar-refractivity contribution < 1.29 is 9.59 Å². The molecule has 5 nitrogen and oxygen atoms in total. The summed E-state index contributed by atoms with van der Waals surface area (Å²) in [6, 6.07) is 9.65. The first-order valence-corrected chi connectivity index (χ1v) is 8.45. The Hall–Kier alpha value is -1.88. The zero-order valence-corrected chi connectivity index (χ0v) is 14.1. The summed E-state index contributed by atoms with van der Waals surface area (Å²) in [5.74, 6) is 0.245. The number of carbonyl (C=O) groups is 2. The highest BCUT2D eigenvalue weighted by molar-refractivity contribution is 5.94. The number of likely N-dealkylation sites (N-methyl/N-ethyl adjacent to an activating group) is 1. The van der Waals surface area contributed by atoms with Crippen LogP contribution in [0.5, 0.6) is 0 Å². The van der Waals surface area contributed by atoms with Crippen LogP contribution in [0.3, 0.4) is 0 Å². The average Bonchev–Trinajstić information content (AvgIpc) is 2.60. The van der Waals surface area contributed by atoms with Gasteiger partial charge in [0.2, 0.25) is 5.91 Å². The maximum absolute atomic E-state index is 12.5. The quantitative estimate of drug-likeness (QED) is 0.870. The van der Waals surface area contributed by atoms with Gasteiger partial charge in [0, 0.05) is 31.2 Å². The highest BCUT2D eigenvalue weighted by atomic mass is 16.2. The lowest BCUT2D eigenvalue weighted by Crippen LogP contribution is -2.50. The van der Waals surface area contributed by atoms with Gasteiger partial charge >= 0.3 is 0 Å². The van der Waals surface area contributed by atoms with Crippen molar-refractivity contribution in [3.63, 3.8) is 0 Å². The van der Waals surface area contributed by atoms with Crippen LogP contribution in [0.1, 0.15) is 36.5 Å². The zero-order chi connectivity index (χ0) is 16.7. The SMILES string of the molecule is CCCN(C(=O)CNC)C1CCN(C(=O)c2ccccc2)CC1. The second-order valence-corrected chi connectivity index (χ2v) is 6.01. The number of nitrogens with zero attached hydrogens (tertiary/aromatic N) is 2. The fourth-order valence-electron chi connectivity index (χ4n) is 3.15. The fourth-order valence-corrected chi connectivity index (χ4v) is 3.15. The van der Waals surface area contributed by atoms with E-state index in [1.165, 1.54) is 0 Å². The summed E-state index contributed by atoms with van der Waals surface area (Å²) >= 11 is 0. The van der Waals surface area contributed by atoms with Crippen LogP contribution < -0.4 is 5.32 Å². The molecule has 1 N–H and O–H groups in total. The van der Waals surface area contributed by atoms with Crippen molar-refractivity contribution in [1.82, 2.24) is 15.1 Å². The summed E-state index contributed by atoms with van der Waals surface area (Å²) in [5, 5.41) is 2.94. The fraction of sp³-hybridized carbons (Fsp3) is 0.556. The molecular formula is C18H27N3O2. The second-order valence-electron chi connectivity index (χ2n) is 6.01. The van der Waals surface area contributed by atoms with E-state index < -0.39 is 0 Å².